The van der Waals surface area contributed by atoms with E-state index < -0.39 is 24.2 Å². The maximum absolute atomic E-state index is 14.2. The highest BCUT2D eigenvalue weighted by molar-refractivity contribution is 7.55. The largest absolute Gasteiger partial charge is 0.449 e. The summed E-state index contributed by atoms with van der Waals surface area (Å²) in [5.41, 5.74) is 5.46. The Hall–Kier alpha value is -3.68. The molecule has 0 aromatic heterocycles. The quantitative estimate of drug-likeness (QED) is 0.208. The van der Waals surface area contributed by atoms with E-state index in [0.29, 0.717) is 17.9 Å². The first kappa shape index (κ1) is 25.0. The molecule has 0 aliphatic rings. The van der Waals surface area contributed by atoms with Gasteiger partial charge in [-0.25, -0.2) is 9.99 Å². The van der Waals surface area contributed by atoms with Crippen molar-refractivity contribution < 1.29 is 23.3 Å². The number of rotatable bonds is 11. The molecule has 10 heteroatoms. The number of nitro benzene ring substituents is 1. The molecule has 2 atom stereocenters. The number of amides is 1. The van der Waals surface area contributed by atoms with Crippen LogP contribution in [0, 0.1) is 16.0 Å². The molecule has 0 radical (unpaired) electrons. The molecule has 1 amide bonds. The van der Waals surface area contributed by atoms with Gasteiger partial charge in [-0.2, -0.15) is 0 Å². The second-order valence-electron chi connectivity index (χ2n) is 7.58. The molecule has 9 nitrogen and oxygen atoms in total. The Morgan fingerprint density at radius 3 is 1.88 bits per heavy atom. The zero-order chi connectivity index (χ0) is 24.6. The predicted octanol–water partition coefficient (Wildman–Crippen LogP) is 5.55. The standard InChI is InChI=1S/C24H26N3O6P/c1-3-18(2)24(26-25-23(28)19-14-16-20(17-15-19)27(29)30)34(31,32-21-10-6-4-7-11-21)33-22-12-8-5-9-13-22/h4-18,24,26H,3H2,1-2H3,(H,25,28). The van der Waals surface area contributed by atoms with Crippen molar-refractivity contribution >= 4 is 19.2 Å². The number of benzene rings is 3. The van der Waals surface area contributed by atoms with E-state index >= 15 is 0 Å². The maximum Gasteiger partial charge on any atom is 0.449 e. The molecule has 0 saturated heterocycles. The number of hydrazine groups is 1. The molecule has 0 saturated carbocycles. The molecule has 2 unspecified atom stereocenters. The van der Waals surface area contributed by atoms with Crippen molar-refractivity contribution in [1.82, 2.24) is 10.9 Å². The number of carbonyl (C=O) groups excluding carboxylic acids is 1. The molecule has 2 N–H and O–H groups in total. The van der Waals surface area contributed by atoms with Crippen LogP contribution in [0.1, 0.15) is 30.6 Å². The van der Waals surface area contributed by atoms with E-state index in [4.69, 9.17) is 9.05 Å². The average Bonchev–Trinajstić information content (AvgIpc) is 2.85. The molecule has 3 aromatic rings. The summed E-state index contributed by atoms with van der Waals surface area (Å²) in [6.07, 6.45) is 0.616. The third kappa shape index (κ3) is 6.43. The molecular formula is C24H26N3O6P. The van der Waals surface area contributed by atoms with Crippen LogP contribution in [-0.2, 0) is 4.57 Å². The van der Waals surface area contributed by atoms with Gasteiger partial charge in [0.15, 0.2) is 5.78 Å². The molecule has 0 aliphatic carbocycles. The Kier molecular flexibility index (Phi) is 8.40. The Balaban J connectivity index is 1.86. The van der Waals surface area contributed by atoms with Crippen LogP contribution in [0.15, 0.2) is 84.9 Å². The number of hydrogen-bond acceptors (Lipinski definition) is 7. The third-order valence-corrected chi connectivity index (χ3v) is 7.40. The van der Waals surface area contributed by atoms with Gasteiger partial charge in [-0.15, -0.1) is 0 Å². The zero-order valence-corrected chi connectivity index (χ0v) is 19.7. The Morgan fingerprint density at radius 1 is 0.941 bits per heavy atom. The van der Waals surface area contributed by atoms with E-state index in [1.807, 2.05) is 26.0 Å². The minimum absolute atomic E-state index is 0.126. The van der Waals surface area contributed by atoms with Gasteiger partial charge < -0.3 is 9.05 Å². The Morgan fingerprint density at radius 2 is 1.44 bits per heavy atom. The van der Waals surface area contributed by atoms with E-state index in [9.17, 15) is 19.5 Å². The summed E-state index contributed by atoms with van der Waals surface area (Å²) < 4.78 is 26.0. The van der Waals surface area contributed by atoms with Gasteiger partial charge in [0.25, 0.3) is 11.6 Å². The summed E-state index contributed by atoms with van der Waals surface area (Å²) in [5.74, 6) is -0.957. The number of hydrogen-bond donors (Lipinski definition) is 2. The lowest BCUT2D eigenvalue weighted by atomic mass is 10.1. The fraction of sp³-hybridized carbons (Fsp3) is 0.208. The van der Waals surface area contributed by atoms with Gasteiger partial charge in [0.05, 0.1) is 4.92 Å². The molecule has 178 valence electrons. The first-order chi connectivity index (χ1) is 16.3. The molecular weight excluding hydrogens is 457 g/mol. The number of nitrogens with zero attached hydrogens (tertiary/aromatic N) is 1. The Bertz CT molecular complexity index is 1100. The lowest BCUT2D eigenvalue weighted by molar-refractivity contribution is -0.384. The van der Waals surface area contributed by atoms with Crippen LogP contribution in [-0.4, -0.2) is 16.6 Å². The van der Waals surface area contributed by atoms with Gasteiger partial charge in [0.2, 0.25) is 0 Å². The molecule has 3 rings (SSSR count). The van der Waals surface area contributed by atoms with Crippen molar-refractivity contribution in [2.24, 2.45) is 5.92 Å². The highest BCUT2D eigenvalue weighted by atomic mass is 31.2. The van der Waals surface area contributed by atoms with Crippen LogP contribution in [0.4, 0.5) is 5.69 Å². The Labute approximate surface area is 197 Å². The lowest BCUT2D eigenvalue weighted by Gasteiger charge is -2.31. The van der Waals surface area contributed by atoms with E-state index in [1.165, 1.54) is 24.3 Å². The van der Waals surface area contributed by atoms with Crippen LogP contribution >= 0.6 is 7.60 Å². The normalized spacial score (nSPS) is 12.9. The average molecular weight is 483 g/mol. The van der Waals surface area contributed by atoms with Crippen LogP contribution in [0.5, 0.6) is 11.5 Å². The third-order valence-electron chi connectivity index (χ3n) is 5.15. The molecule has 34 heavy (non-hydrogen) atoms. The van der Waals surface area contributed by atoms with Crippen LogP contribution in [0.3, 0.4) is 0 Å². The van der Waals surface area contributed by atoms with Crippen molar-refractivity contribution in [3.63, 3.8) is 0 Å². The fourth-order valence-electron chi connectivity index (χ4n) is 3.09. The molecule has 0 fully saturated rings. The van der Waals surface area contributed by atoms with Crippen molar-refractivity contribution in [1.29, 1.82) is 0 Å². The fourth-order valence-corrected chi connectivity index (χ4v) is 5.24. The molecule has 0 bridgehead atoms. The highest BCUT2D eigenvalue weighted by Gasteiger charge is 2.42. The first-order valence-electron chi connectivity index (χ1n) is 10.7. The zero-order valence-electron chi connectivity index (χ0n) is 18.8. The molecule has 0 aliphatic heterocycles. The summed E-state index contributed by atoms with van der Waals surface area (Å²) >= 11 is 0. The highest BCUT2D eigenvalue weighted by Crippen LogP contribution is 2.54. The predicted molar refractivity (Wildman–Crippen MR) is 129 cm³/mol. The summed E-state index contributed by atoms with van der Waals surface area (Å²) in [5, 5.41) is 10.8. The van der Waals surface area contributed by atoms with Crippen molar-refractivity contribution in [3.8, 4) is 11.5 Å². The number of para-hydroxylation sites is 2. The van der Waals surface area contributed by atoms with Gasteiger partial charge in [0.1, 0.15) is 11.5 Å². The minimum atomic E-state index is -3.93. The van der Waals surface area contributed by atoms with Crippen molar-refractivity contribution in [2.75, 3.05) is 0 Å². The van der Waals surface area contributed by atoms with Gasteiger partial charge in [-0.05, 0) is 42.3 Å². The van der Waals surface area contributed by atoms with Crippen molar-refractivity contribution in [3.05, 3.63) is 101 Å². The lowest BCUT2D eigenvalue weighted by Crippen LogP contribution is -2.48. The summed E-state index contributed by atoms with van der Waals surface area (Å²) in [6.45, 7) is 3.79. The van der Waals surface area contributed by atoms with Gasteiger partial charge in [0, 0.05) is 17.7 Å². The molecule has 3 aromatic carbocycles. The van der Waals surface area contributed by atoms with Gasteiger partial charge in [-0.3, -0.25) is 20.3 Å². The van der Waals surface area contributed by atoms with E-state index in [0.717, 1.165) is 0 Å². The smallest absolute Gasteiger partial charge is 0.415 e. The maximum atomic E-state index is 14.2. The van der Waals surface area contributed by atoms with Crippen LogP contribution < -0.4 is 19.9 Å². The van der Waals surface area contributed by atoms with E-state index in [1.54, 1.807) is 48.5 Å². The summed E-state index contributed by atoms with van der Waals surface area (Å²) in [4.78, 5) is 23.0. The summed E-state index contributed by atoms with van der Waals surface area (Å²) in [6, 6.07) is 22.5. The van der Waals surface area contributed by atoms with Crippen LogP contribution in [0.25, 0.3) is 0 Å². The monoisotopic (exact) mass is 483 g/mol. The number of carbonyl (C=O) groups is 1. The number of nitrogens with one attached hydrogen (secondary N) is 2. The second-order valence-corrected chi connectivity index (χ2v) is 9.58. The van der Waals surface area contributed by atoms with Gasteiger partial charge in [-0.1, -0.05) is 56.7 Å². The topological polar surface area (TPSA) is 120 Å². The molecule has 0 heterocycles. The SMILES string of the molecule is CCC(C)C(NNC(=O)c1ccc([N+](=O)[O-])cc1)P(=O)(Oc1ccccc1)Oc1ccccc1. The van der Waals surface area contributed by atoms with Crippen LogP contribution in [0.2, 0.25) is 0 Å². The van der Waals surface area contributed by atoms with Crippen molar-refractivity contribution in [2.45, 2.75) is 26.1 Å². The second kappa shape index (κ2) is 11.4. The minimum Gasteiger partial charge on any atom is -0.415 e. The van der Waals surface area contributed by atoms with E-state index in [-0.39, 0.29) is 17.2 Å². The number of nitro groups is 1. The molecule has 0 spiro atoms. The van der Waals surface area contributed by atoms with E-state index in [2.05, 4.69) is 10.9 Å². The number of non-ortho nitro benzene ring substituents is 1. The summed E-state index contributed by atoms with van der Waals surface area (Å²) in [7, 11) is -3.93. The van der Waals surface area contributed by atoms with Gasteiger partial charge >= 0.3 is 7.60 Å². The first-order valence-corrected chi connectivity index (χ1v) is 12.3.